The van der Waals surface area contributed by atoms with Crippen molar-refractivity contribution < 1.29 is 14.3 Å². The summed E-state index contributed by atoms with van der Waals surface area (Å²) in [4.78, 5) is 29.1. The summed E-state index contributed by atoms with van der Waals surface area (Å²) in [5.74, 6) is 0.562. The average Bonchev–Trinajstić information content (AvgIpc) is 2.91. The monoisotopic (exact) mass is 376 g/mol. The normalized spacial score (nSPS) is 16.2. The molecule has 0 N–H and O–H groups in total. The van der Waals surface area contributed by atoms with E-state index in [0.717, 1.165) is 61.8 Å². The van der Waals surface area contributed by atoms with Crippen molar-refractivity contribution >= 4 is 29.0 Å². The van der Waals surface area contributed by atoms with Crippen LogP contribution in [0.3, 0.4) is 0 Å². The third kappa shape index (κ3) is 5.61. The highest BCUT2D eigenvalue weighted by molar-refractivity contribution is 8.18. The van der Waals surface area contributed by atoms with Gasteiger partial charge in [-0.3, -0.25) is 19.4 Å². The fourth-order valence-corrected chi connectivity index (χ4v) is 3.52. The van der Waals surface area contributed by atoms with E-state index in [2.05, 4.69) is 18.7 Å². The molecule has 1 heterocycles. The Morgan fingerprint density at radius 2 is 1.69 bits per heavy atom. The minimum absolute atomic E-state index is 0.187. The Labute approximate surface area is 160 Å². The maximum Gasteiger partial charge on any atom is 0.294 e. The first-order valence-corrected chi connectivity index (χ1v) is 10.0. The zero-order valence-electron chi connectivity index (χ0n) is 15.9. The summed E-state index contributed by atoms with van der Waals surface area (Å²) in [5.41, 5.74) is 0.880. The zero-order chi connectivity index (χ0) is 18.9. The summed E-state index contributed by atoms with van der Waals surface area (Å²) >= 11 is 1.02. The lowest BCUT2D eigenvalue weighted by molar-refractivity contribution is -0.124. The second kappa shape index (κ2) is 10.4. The van der Waals surface area contributed by atoms with E-state index in [1.807, 2.05) is 24.3 Å². The Hall–Kier alpha value is -1.79. The van der Waals surface area contributed by atoms with Gasteiger partial charge >= 0.3 is 0 Å². The average molecular weight is 377 g/mol. The number of amides is 2. The molecule has 1 aliphatic heterocycles. The van der Waals surface area contributed by atoms with Crippen LogP contribution in [0.25, 0.3) is 6.08 Å². The van der Waals surface area contributed by atoms with Gasteiger partial charge in [0.05, 0.1) is 18.7 Å². The van der Waals surface area contributed by atoms with E-state index in [-0.39, 0.29) is 11.1 Å². The Balaban J connectivity index is 2.06. The number of carbonyl (C=O) groups excluding carboxylic acids is 2. The van der Waals surface area contributed by atoms with E-state index >= 15 is 0 Å². The smallest absolute Gasteiger partial charge is 0.294 e. The van der Waals surface area contributed by atoms with Gasteiger partial charge in [0, 0.05) is 0 Å². The highest BCUT2D eigenvalue weighted by Crippen LogP contribution is 2.32. The van der Waals surface area contributed by atoms with Crippen molar-refractivity contribution in [1.82, 2.24) is 9.80 Å². The van der Waals surface area contributed by atoms with E-state index in [1.54, 1.807) is 13.2 Å². The lowest BCUT2D eigenvalue weighted by Gasteiger charge is -2.26. The van der Waals surface area contributed by atoms with E-state index in [9.17, 15) is 9.59 Å². The van der Waals surface area contributed by atoms with Crippen LogP contribution in [0.5, 0.6) is 5.75 Å². The number of imide groups is 1. The molecule has 142 valence electrons. The number of unbranched alkanes of at least 4 members (excludes halogenated alkanes) is 2. The third-order valence-electron chi connectivity index (χ3n) is 4.28. The second-order valence-electron chi connectivity index (χ2n) is 6.35. The highest BCUT2D eigenvalue weighted by Gasteiger charge is 2.35. The van der Waals surface area contributed by atoms with E-state index in [4.69, 9.17) is 4.74 Å². The first kappa shape index (κ1) is 20.5. The molecular formula is C20H28N2O3S. The number of methoxy groups -OCH3 is 1. The van der Waals surface area contributed by atoms with Crippen molar-refractivity contribution in [2.24, 2.45) is 0 Å². The molecule has 0 aliphatic carbocycles. The molecule has 6 heteroatoms. The number of rotatable bonds is 10. The van der Waals surface area contributed by atoms with E-state index < -0.39 is 0 Å². The first-order chi connectivity index (χ1) is 12.6. The van der Waals surface area contributed by atoms with Crippen LogP contribution in [0.15, 0.2) is 29.2 Å². The zero-order valence-corrected chi connectivity index (χ0v) is 16.7. The van der Waals surface area contributed by atoms with Gasteiger partial charge in [-0.1, -0.05) is 38.8 Å². The topological polar surface area (TPSA) is 49.9 Å². The molecule has 2 amide bonds. The standard InChI is InChI=1S/C20H28N2O3S/c1-4-6-12-21(13-7-5-2)15-22-19(23)18(26-20(22)24)14-16-8-10-17(25-3)11-9-16/h8-11,14H,4-7,12-13,15H2,1-3H3/b18-14+. The second-order valence-corrected chi connectivity index (χ2v) is 7.34. The maximum absolute atomic E-state index is 12.7. The Kier molecular flexibility index (Phi) is 8.19. The van der Waals surface area contributed by atoms with Gasteiger partial charge in [0.2, 0.25) is 0 Å². The summed E-state index contributed by atoms with van der Waals surface area (Å²) in [5, 5.41) is -0.187. The van der Waals surface area contributed by atoms with E-state index in [1.165, 1.54) is 4.90 Å². The van der Waals surface area contributed by atoms with Crippen LogP contribution >= 0.6 is 11.8 Å². The lowest BCUT2D eigenvalue weighted by Crippen LogP contribution is -2.41. The fraction of sp³-hybridized carbons (Fsp3) is 0.500. The number of ether oxygens (including phenoxy) is 1. The minimum Gasteiger partial charge on any atom is -0.497 e. The largest absolute Gasteiger partial charge is 0.497 e. The van der Waals surface area contributed by atoms with Crippen molar-refractivity contribution in [2.45, 2.75) is 39.5 Å². The van der Waals surface area contributed by atoms with Gasteiger partial charge in [-0.15, -0.1) is 0 Å². The number of hydrogen-bond acceptors (Lipinski definition) is 5. The molecule has 1 aromatic rings. The van der Waals surface area contributed by atoms with Gasteiger partial charge in [0.25, 0.3) is 11.1 Å². The molecule has 0 saturated carbocycles. The molecule has 1 fully saturated rings. The summed E-state index contributed by atoms with van der Waals surface area (Å²) in [6.07, 6.45) is 6.11. The van der Waals surface area contributed by atoms with Gasteiger partial charge in [0.1, 0.15) is 5.75 Å². The lowest BCUT2D eigenvalue weighted by atomic mass is 10.2. The van der Waals surface area contributed by atoms with Crippen LogP contribution in [0.4, 0.5) is 4.79 Å². The fourth-order valence-electron chi connectivity index (χ4n) is 2.69. The van der Waals surface area contributed by atoms with Crippen molar-refractivity contribution in [3.05, 3.63) is 34.7 Å². The number of benzene rings is 1. The van der Waals surface area contributed by atoms with Crippen LogP contribution in [-0.2, 0) is 4.79 Å². The van der Waals surface area contributed by atoms with Crippen LogP contribution < -0.4 is 4.74 Å². The number of carbonyl (C=O) groups is 2. The Morgan fingerprint density at radius 1 is 1.08 bits per heavy atom. The molecule has 0 spiro atoms. The minimum atomic E-state index is -0.200. The molecular weight excluding hydrogens is 348 g/mol. The third-order valence-corrected chi connectivity index (χ3v) is 5.19. The molecule has 26 heavy (non-hydrogen) atoms. The molecule has 0 aromatic heterocycles. The molecule has 1 aromatic carbocycles. The van der Waals surface area contributed by atoms with Gasteiger partial charge in [-0.2, -0.15) is 0 Å². The molecule has 0 atom stereocenters. The van der Waals surface area contributed by atoms with Crippen LogP contribution in [-0.4, -0.2) is 47.8 Å². The van der Waals surface area contributed by atoms with Crippen molar-refractivity contribution in [2.75, 3.05) is 26.9 Å². The predicted octanol–water partition coefficient (Wildman–Crippen LogP) is 4.59. The summed E-state index contributed by atoms with van der Waals surface area (Å²) in [7, 11) is 1.61. The Morgan fingerprint density at radius 3 is 2.23 bits per heavy atom. The van der Waals surface area contributed by atoms with Crippen molar-refractivity contribution in [1.29, 1.82) is 0 Å². The number of nitrogens with zero attached hydrogens (tertiary/aromatic N) is 2. The SMILES string of the molecule is CCCCN(CCCC)CN1C(=O)S/C(=C/c2ccc(OC)cc2)C1=O. The number of thioether (sulfide) groups is 1. The maximum atomic E-state index is 12.7. The summed E-state index contributed by atoms with van der Waals surface area (Å²) in [6, 6.07) is 7.43. The summed E-state index contributed by atoms with van der Waals surface area (Å²) in [6.45, 7) is 6.50. The molecule has 5 nitrogen and oxygen atoms in total. The summed E-state index contributed by atoms with van der Waals surface area (Å²) < 4.78 is 5.14. The first-order valence-electron chi connectivity index (χ1n) is 9.20. The van der Waals surface area contributed by atoms with Crippen LogP contribution in [0.2, 0.25) is 0 Å². The molecule has 2 rings (SSSR count). The van der Waals surface area contributed by atoms with Crippen molar-refractivity contribution in [3.8, 4) is 5.75 Å². The quantitative estimate of drug-likeness (QED) is 0.559. The van der Waals surface area contributed by atoms with Gasteiger partial charge in [-0.05, 0) is 61.5 Å². The molecule has 0 bridgehead atoms. The van der Waals surface area contributed by atoms with Crippen molar-refractivity contribution in [3.63, 3.8) is 0 Å². The van der Waals surface area contributed by atoms with Gasteiger partial charge in [0.15, 0.2) is 0 Å². The highest BCUT2D eigenvalue weighted by atomic mass is 32.2. The van der Waals surface area contributed by atoms with Gasteiger partial charge in [-0.25, -0.2) is 0 Å². The van der Waals surface area contributed by atoms with Crippen LogP contribution in [0.1, 0.15) is 45.1 Å². The van der Waals surface area contributed by atoms with E-state index in [0.29, 0.717) is 11.6 Å². The Bertz CT molecular complexity index is 635. The van der Waals surface area contributed by atoms with Gasteiger partial charge < -0.3 is 4.74 Å². The molecule has 1 saturated heterocycles. The molecule has 0 unspecified atom stereocenters. The van der Waals surface area contributed by atoms with Crippen LogP contribution in [0, 0.1) is 0 Å². The molecule has 1 aliphatic rings. The predicted molar refractivity (Wildman–Crippen MR) is 107 cm³/mol. The molecule has 0 radical (unpaired) electrons. The number of hydrogen-bond donors (Lipinski definition) is 0.